The normalized spacial score (nSPS) is 23.2. The number of likely N-dealkylation sites (N-methyl/N-ethyl adjacent to an activating group) is 1. The number of nitrogens with one attached hydrogen (secondary N) is 1. The lowest BCUT2D eigenvalue weighted by Gasteiger charge is -2.32. The quantitative estimate of drug-likeness (QED) is 0.799. The molecule has 128 valence electrons. The molecule has 2 aliphatic heterocycles. The predicted molar refractivity (Wildman–Crippen MR) is 88.6 cm³/mol. The molecule has 7 heteroatoms. The molecular formula is C16H27N5O2. The third-order valence-electron chi connectivity index (χ3n) is 4.36. The number of aromatic nitrogens is 2. The van der Waals surface area contributed by atoms with E-state index in [0.29, 0.717) is 0 Å². The van der Waals surface area contributed by atoms with Crippen molar-refractivity contribution in [2.24, 2.45) is 0 Å². The van der Waals surface area contributed by atoms with Gasteiger partial charge in [-0.15, -0.1) is 0 Å². The molecule has 3 rings (SSSR count). The highest BCUT2D eigenvalue weighted by molar-refractivity contribution is 5.30. The molecule has 0 radical (unpaired) electrons. The highest BCUT2D eigenvalue weighted by Crippen LogP contribution is 2.09. The van der Waals surface area contributed by atoms with E-state index in [1.165, 1.54) is 0 Å². The van der Waals surface area contributed by atoms with Gasteiger partial charge in [-0.3, -0.25) is 4.90 Å². The summed E-state index contributed by atoms with van der Waals surface area (Å²) in [7, 11) is 0. The Hall–Kier alpha value is -1.28. The van der Waals surface area contributed by atoms with Crippen LogP contribution < -0.4 is 10.2 Å². The van der Waals surface area contributed by atoms with Crippen molar-refractivity contribution in [3.8, 4) is 0 Å². The summed E-state index contributed by atoms with van der Waals surface area (Å²) >= 11 is 0. The lowest BCUT2D eigenvalue weighted by molar-refractivity contribution is -0.0253. The summed E-state index contributed by atoms with van der Waals surface area (Å²) in [6.45, 7) is 11.1. The first kappa shape index (κ1) is 16.6. The molecule has 1 aromatic heterocycles. The second kappa shape index (κ2) is 8.54. The van der Waals surface area contributed by atoms with Gasteiger partial charge in [-0.1, -0.05) is 6.92 Å². The van der Waals surface area contributed by atoms with Gasteiger partial charge < -0.3 is 19.7 Å². The molecule has 7 nitrogen and oxygen atoms in total. The Morgan fingerprint density at radius 1 is 1.17 bits per heavy atom. The van der Waals surface area contributed by atoms with Crippen molar-refractivity contribution in [3.63, 3.8) is 0 Å². The van der Waals surface area contributed by atoms with Gasteiger partial charge >= 0.3 is 0 Å². The van der Waals surface area contributed by atoms with E-state index in [4.69, 9.17) is 9.47 Å². The molecule has 0 amide bonds. The van der Waals surface area contributed by atoms with E-state index in [9.17, 15) is 0 Å². The van der Waals surface area contributed by atoms with Crippen molar-refractivity contribution in [3.05, 3.63) is 18.0 Å². The van der Waals surface area contributed by atoms with Crippen LogP contribution >= 0.6 is 0 Å². The van der Waals surface area contributed by atoms with Gasteiger partial charge in [0.25, 0.3) is 0 Å². The molecule has 1 atom stereocenters. The van der Waals surface area contributed by atoms with Crippen LogP contribution in [0.25, 0.3) is 0 Å². The Balaban J connectivity index is 1.41. The fourth-order valence-corrected chi connectivity index (χ4v) is 2.93. The summed E-state index contributed by atoms with van der Waals surface area (Å²) in [4.78, 5) is 13.5. The summed E-state index contributed by atoms with van der Waals surface area (Å²) in [5.41, 5.74) is 1.10. The number of ether oxygens (including phenoxy) is 2. The van der Waals surface area contributed by atoms with Crippen LogP contribution in [-0.4, -0.2) is 80.1 Å². The molecule has 0 aliphatic carbocycles. The minimum absolute atomic E-state index is 0.275. The molecule has 0 aromatic carbocycles. The highest BCUT2D eigenvalue weighted by atomic mass is 16.5. The molecule has 0 bridgehead atoms. The Labute approximate surface area is 138 Å². The molecule has 0 saturated carbocycles. The van der Waals surface area contributed by atoms with Crippen LogP contribution in [-0.2, 0) is 16.0 Å². The average Bonchev–Trinajstić information content (AvgIpc) is 2.63. The summed E-state index contributed by atoms with van der Waals surface area (Å²) in [6.07, 6.45) is 4.09. The predicted octanol–water partition coefficient (Wildman–Crippen LogP) is 0.124. The Kier molecular flexibility index (Phi) is 6.15. The fourth-order valence-electron chi connectivity index (χ4n) is 2.93. The second-order valence-corrected chi connectivity index (χ2v) is 6.01. The van der Waals surface area contributed by atoms with Gasteiger partial charge in [0.1, 0.15) is 0 Å². The largest absolute Gasteiger partial charge is 0.378 e. The van der Waals surface area contributed by atoms with Gasteiger partial charge in [-0.25, -0.2) is 9.97 Å². The van der Waals surface area contributed by atoms with E-state index in [1.807, 2.05) is 12.4 Å². The third-order valence-corrected chi connectivity index (χ3v) is 4.36. The smallest absolute Gasteiger partial charge is 0.225 e. The zero-order valence-electron chi connectivity index (χ0n) is 13.9. The van der Waals surface area contributed by atoms with Gasteiger partial charge in [0.15, 0.2) is 0 Å². The maximum absolute atomic E-state index is 5.79. The van der Waals surface area contributed by atoms with Crippen molar-refractivity contribution in [1.82, 2.24) is 20.2 Å². The molecular weight excluding hydrogens is 294 g/mol. The first-order valence-corrected chi connectivity index (χ1v) is 8.53. The lowest BCUT2D eigenvalue weighted by atomic mass is 10.2. The molecule has 2 fully saturated rings. The van der Waals surface area contributed by atoms with E-state index >= 15 is 0 Å². The van der Waals surface area contributed by atoms with Crippen molar-refractivity contribution in [2.45, 2.75) is 19.6 Å². The first-order valence-electron chi connectivity index (χ1n) is 8.53. The van der Waals surface area contributed by atoms with Crippen molar-refractivity contribution in [2.75, 3.05) is 64.0 Å². The van der Waals surface area contributed by atoms with Crippen LogP contribution in [0.1, 0.15) is 12.5 Å². The second-order valence-electron chi connectivity index (χ2n) is 6.01. The molecule has 1 unspecified atom stereocenters. The topological polar surface area (TPSA) is 62.8 Å². The van der Waals surface area contributed by atoms with Gasteiger partial charge in [0.2, 0.25) is 5.95 Å². The first-order chi connectivity index (χ1) is 11.3. The fraction of sp³-hybridized carbons (Fsp3) is 0.750. The molecule has 0 spiro atoms. The van der Waals surface area contributed by atoms with Crippen molar-refractivity contribution < 1.29 is 9.47 Å². The maximum atomic E-state index is 5.79. The molecule has 1 N–H and O–H groups in total. The van der Waals surface area contributed by atoms with Crippen LogP contribution in [0, 0.1) is 0 Å². The monoisotopic (exact) mass is 321 g/mol. The zero-order chi connectivity index (χ0) is 15.9. The number of morpholine rings is 2. The Morgan fingerprint density at radius 2 is 1.96 bits per heavy atom. The van der Waals surface area contributed by atoms with E-state index in [1.54, 1.807) is 0 Å². The molecule has 1 aromatic rings. The third kappa shape index (κ3) is 4.84. The van der Waals surface area contributed by atoms with Crippen LogP contribution in [0.3, 0.4) is 0 Å². The maximum Gasteiger partial charge on any atom is 0.225 e. The molecule has 23 heavy (non-hydrogen) atoms. The zero-order valence-corrected chi connectivity index (χ0v) is 13.9. The number of hydrogen-bond donors (Lipinski definition) is 1. The summed E-state index contributed by atoms with van der Waals surface area (Å²) < 4.78 is 11.1. The minimum Gasteiger partial charge on any atom is -0.378 e. The van der Waals surface area contributed by atoms with Crippen molar-refractivity contribution in [1.29, 1.82) is 0 Å². The highest BCUT2D eigenvalue weighted by Gasteiger charge is 2.18. The molecule has 3 heterocycles. The van der Waals surface area contributed by atoms with E-state index in [2.05, 4.69) is 32.0 Å². The standard InChI is InChI=1S/C16H27N5O2/c1-2-20-3-8-23-15(13-20)12-17-9-14-10-18-16(19-11-14)21-4-6-22-7-5-21/h10-11,15,17H,2-9,12-13H2,1H3. The summed E-state index contributed by atoms with van der Waals surface area (Å²) in [5, 5.41) is 3.45. The van der Waals surface area contributed by atoms with E-state index < -0.39 is 0 Å². The minimum atomic E-state index is 0.275. The van der Waals surface area contributed by atoms with Gasteiger partial charge in [0.05, 0.1) is 25.9 Å². The van der Waals surface area contributed by atoms with Gasteiger partial charge in [-0.05, 0) is 6.54 Å². The van der Waals surface area contributed by atoms with Crippen LogP contribution in [0.2, 0.25) is 0 Å². The van der Waals surface area contributed by atoms with Crippen LogP contribution in [0.15, 0.2) is 12.4 Å². The van der Waals surface area contributed by atoms with Gasteiger partial charge in [-0.2, -0.15) is 0 Å². The Morgan fingerprint density at radius 3 is 2.70 bits per heavy atom. The number of rotatable bonds is 6. The summed E-state index contributed by atoms with van der Waals surface area (Å²) in [6, 6.07) is 0. The SMILES string of the molecule is CCN1CCOC(CNCc2cnc(N3CCOCC3)nc2)C1. The van der Waals surface area contributed by atoms with E-state index in [0.717, 1.165) is 77.1 Å². The average molecular weight is 321 g/mol. The number of nitrogens with zero attached hydrogens (tertiary/aromatic N) is 4. The van der Waals surface area contributed by atoms with E-state index in [-0.39, 0.29) is 6.10 Å². The lowest BCUT2D eigenvalue weighted by Crippen LogP contribution is -2.46. The Bertz CT molecular complexity index is 464. The van der Waals surface area contributed by atoms with Crippen LogP contribution in [0.4, 0.5) is 5.95 Å². The molecule has 2 aliphatic rings. The van der Waals surface area contributed by atoms with Crippen molar-refractivity contribution >= 4 is 5.95 Å². The molecule has 2 saturated heterocycles. The van der Waals surface area contributed by atoms with Gasteiger partial charge in [0, 0.05) is 57.2 Å². The van der Waals surface area contributed by atoms with Crippen LogP contribution in [0.5, 0.6) is 0 Å². The summed E-state index contributed by atoms with van der Waals surface area (Å²) in [5.74, 6) is 0.797. The number of anilines is 1. The number of hydrogen-bond acceptors (Lipinski definition) is 7.